The second-order valence-corrected chi connectivity index (χ2v) is 6.33. The summed E-state index contributed by atoms with van der Waals surface area (Å²) in [6.07, 6.45) is 2.36. The minimum Gasteiger partial charge on any atom is -0.496 e. The number of carbonyl (C=O) groups excluding carboxylic acids is 1. The van der Waals surface area contributed by atoms with Gasteiger partial charge in [0, 0.05) is 28.3 Å². The van der Waals surface area contributed by atoms with Gasteiger partial charge in [-0.15, -0.1) is 0 Å². The van der Waals surface area contributed by atoms with Crippen LogP contribution in [0, 0.1) is 11.8 Å². The minimum atomic E-state index is 0.349. The number of hydrogen-bond donors (Lipinski definition) is 0. The van der Waals surface area contributed by atoms with Gasteiger partial charge < -0.3 is 13.9 Å². The monoisotopic (exact) mass is 382 g/mol. The van der Waals surface area contributed by atoms with Crippen LogP contribution in [-0.2, 0) is 0 Å². The van der Waals surface area contributed by atoms with E-state index in [0.717, 1.165) is 28.5 Å². The van der Waals surface area contributed by atoms with Crippen LogP contribution in [0.3, 0.4) is 0 Å². The number of rotatable bonds is 4. The highest BCUT2D eigenvalue weighted by Gasteiger charge is 2.21. The third-order valence-electron chi connectivity index (χ3n) is 4.70. The molecule has 0 spiro atoms. The highest BCUT2D eigenvalue weighted by Crippen LogP contribution is 2.42. The summed E-state index contributed by atoms with van der Waals surface area (Å²) < 4.78 is 16.7. The second kappa shape index (κ2) is 7.95. The number of carbonyl (C=O) groups is 1. The summed E-state index contributed by atoms with van der Waals surface area (Å²) in [7, 11) is 3.08. The van der Waals surface area contributed by atoms with E-state index in [2.05, 4.69) is 11.8 Å². The first kappa shape index (κ1) is 18.4. The smallest absolute Gasteiger partial charge is 0.157 e. The lowest BCUT2D eigenvalue weighted by Gasteiger charge is -2.10. The van der Waals surface area contributed by atoms with Gasteiger partial charge in [-0.1, -0.05) is 48.2 Å². The van der Waals surface area contributed by atoms with Crippen molar-refractivity contribution in [2.24, 2.45) is 0 Å². The molecule has 0 saturated carbocycles. The van der Waals surface area contributed by atoms with Crippen LogP contribution in [0.25, 0.3) is 22.1 Å². The zero-order chi connectivity index (χ0) is 20.2. The van der Waals surface area contributed by atoms with Crippen molar-refractivity contribution in [3.63, 3.8) is 0 Å². The van der Waals surface area contributed by atoms with Gasteiger partial charge in [-0.3, -0.25) is 4.79 Å². The third-order valence-corrected chi connectivity index (χ3v) is 4.70. The van der Waals surface area contributed by atoms with E-state index in [4.69, 9.17) is 13.9 Å². The number of fused-ring (bicyclic) bond motifs is 1. The molecule has 0 bridgehead atoms. The zero-order valence-electron chi connectivity index (χ0n) is 16.1. The van der Waals surface area contributed by atoms with Crippen molar-refractivity contribution >= 4 is 17.3 Å². The summed E-state index contributed by atoms with van der Waals surface area (Å²) in [4.78, 5) is 11.7. The Bertz CT molecular complexity index is 1240. The number of hydrogen-bond acceptors (Lipinski definition) is 4. The fourth-order valence-electron chi connectivity index (χ4n) is 3.31. The molecule has 0 N–H and O–H groups in total. The molecule has 4 nitrogen and oxygen atoms in total. The van der Waals surface area contributed by atoms with E-state index < -0.39 is 0 Å². The Morgan fingerprint density at radius 2 is 1.59 bits per heavy atom. The summed E-state index contributed by atoms with van der Waals surface area (Å²) in [6.45, 7) is 0. The summed E-state index contributed by atoms with van der Waals surface area (Å²) in [5.74, 6) is 7.41. The molecule has 0 fully saturated rings. The molecule has 0 unspecified atom stereocenters. The Morgan fingerprint density at radius 1 is 0.862 bits per heavy atom. The van der Waals surface area contributed by atoms with Gasteiger partial charge in [0.1, 0.15) is 11.5 Å². The maximum atomic E-state index is 11.7. The lowest BCUT2D eigenvalue weighted by atomic mass is 9.97. The van der Waals surface area contributed by atoms with E-state index in [0.29, 0.717) is 28.0 Å². The van der Waals surface area contributed by atoms with Crippen molar-refractivity contribution in [1.82, 2.24) is 0 Å². The van der Waals surface area contributed by atoms with Crippen LogP contribution >= 0.6 is 0 Å². The highest BCUT2D eigenvalue weighted by molar-refractivity contribution is 6.07. The van der Waals surface area contributed by atoms with Gasteiger partial charge in [0.15, 0.2) is 11.9 Å². The van der Waals surface area contributed by atoms with Crippen molar-refractivity contribution in [3.05, 3.63) is 83.6 Å². The van der Waals surface area contributed by atoms with Gasteiger partial charge >= 0.3 is 0 Å². The minimum absolute atomic E-state index is 0.349. The van der Waals surface area contributed by atoms with Crippen molar-refractivity contribution in [3.8, 4) is 34.5 Å². The number of benzene rings is 3. The molecule has 4 aromatic rings. The highest BCUT2D eigenvalue weighted by atomic mass is 16.5. The lowest BCUT2D eigenvalue weighted by Crippen LogP contribution is -1.94. The van der Waals surface area contributed by atoms with Gasteiger partial charge in [0.2, 0.25) is 0 Å². The Hall–Kier alpha value is -3.97. The Labute approximate surface area is 168 Å². The number of methoxy groups -OCH3 is 2. The molecule has 0 saturated heterocycles. The Kier molecular flexibility index (Phi) is 5.05. The largest absolute Gasteiger partial charge is 0.496 e. The molecule has 142 valence electrons. The van der Waals surface area contributed by atoms with E-state index >= 15 is 0 Å². The third kappa shape index (κ3) is 3.35. The lowest BCUT2D eigenvalue weighted by molar-refractivity contribution is 0.112. The zero-order valence-corrected chi connectivity index (χ0v) is 16.1. The molecule has 29 heavy (non-hydrogen) atoms. The number of ether oxygens (including phenoxy) is 2. The SMILES string of the molecule is COc1cc(OC)c2c(-c3ccccc3C#Cc3ccccc3)coc2c1C=O. The molecule has 0 aliphatic heterocycles. The Balaban J connectivity index is 1.93. The molecule has 1 heterocycles. The van der Waals surface area contributed by atoms with Crippen molar-refractivity contribution in [2.75, 3.05) is 14.2 Å². The van der Waals surface area contributed by atoms with Gasteiger partial charge in [0.05, 0.1) is 31.4 Å². The van der Waals surface area contributed by atoms with Gasteiger partial charge in [-0.25, -0.2) is 0 Å². The topological polar surface area (TPSA) is 48.7 Å². The summed E-state index contributed by atoms with van der Waals surface area (Å²) in [5.41, 5.74) is 4.27. The van der Waals surface area contributed by atoms with Crippen LogP contribution in [0.15, 0.2) is 71.3 Å². The second-order valence-electron chi connectivity index (χ2n) is 6.33. The predicted molar refractivity (Wildman–Crippen MR) is 113 cm³/mol. The van der Waals surface area contributed by atoms with Crippen molar-refractivity contribution in [2.45, 2.75) is 0 Å². The number of furan rings is 1. The number of aldehydes is 1. The van der Waals surface area contributed by atoms with Crippen LogP contribution in [0.5, 0.6) is 11.5 Å². The maximum absolute atomic E-state index is 11.7. The van der Waals surface area contributed by atoms with Crippen molar-refractivity contribution in [1.29, 1.82) is 0 Å². The molecule has 0 amide bonds. The molecule has 4 rings (SSSR count). The fourth-order valence-corrected chi connectivity index (χ4v) is 3.31. The quantitative estimate of drug-likeness (QED) is 0.354. The van der Waals surface area contributed by atoms with Crippen LogP contribution in [0.2, 0.25) is 0 Å². The molecule has 0 aliphatic rings. The van der Waals surface area contributed by atoms with Crippen LogP contribution in [0.4, 0.5) is 0 Å². The van der Waals surface area contributed by atoms with Gasteiger partial charge in [-0.2, -0.15) is 0 Å². The summed E-state index contributed by atoms with van der Waals surface area (Å²) in [5, 5.41) is 0.712. The first-order chi connectivity index (χ1) is 14.3. The van der Waals surface area contributed by atoms with Gasteiger partial charge in [-0.05, 0) is 18.2 Å². The summed E-state index contributed by atoms with van der Waals surface area (Å²) in [6, 6.07) is 19.3. The molecular formula is C25H18O4. The maximum Gasteiger partial charge on any atom is 0.157 e. The van der Waals surface area contributed by atoms with Gasteiger partial charge in [0.25, 0.3) is 0 Å². The normalized spacial score (nSPS) is 10.3. The predicted octanol–water partition coefficient (Wildman–Crippen LogP) is 5.33. The van der Waals surface area contributed by atoms with Crippen LogP contribution in [0.1, 0.15) is 21.5 Å². The van der Waals surface area contributed by atoms with E-state index in [1.54, 1.807) is 19.4 Å². The standard InChI is InChI=1S/C25H18O4/c1-27-22-14-23(28-2)24-21(16-29-25(24)20(22)15-26)19-11-7-6-10-18(19)13-12-17-8-4-3-5-9-17/h3-11,14-16H,1-2H3. The van der Waals surface area contributed by atoms with Crippen LogP contribution in [-0.4, -0.2) is 20.5 Å². The van der Waals surface area contributed by atoms with Crippen LogP contribution < -0.4 is 9.47 Å². The molecule has 3 aromatic carbocycles. The first-order valence-corrected chi connectivity index (χ1v) is 9.04. The summed E-state index contributed by atoms with van der Waals surface area (Å²) >= 11 is 0. The van der Waals surface area contributed by atoms with E-state index in [-0.39, 0.29) is 0 Å². The van der Waals surface area contributed by atoms with E-state index in [1.807, 2.05) is 54.6 Å². The average Bonchev–Trinajstić information content (AvgIpc) is 3.22. The molecule has 4 heteroatoms. The molecule has 1 aromatic heterocycles. The van der Waals surface area contributed by atoms with E-state index in [1.165, 1.54) is 7.11 Å². The average molecular weight is 382 g/mol. The molecular weight excluding hydrogens is 364 g/mol. The van der Waals surface area contributed by atoms with E-state index in [9.17, 15) is 4.79 Å². The fraction of sp³-hybridized carbons (Fsp3) is 0.0800. The molecule has 0 aliphatic carbocycles. The Morgan fingerprint density at radius 3 is 2.31 bits per heavy atom. The molecule has 0 radical (unpaired) electrons. The van der Waals surface area contributed by atoms with Crippen molar-refractivity contribution < 1.29 is 18.7 Å². The first-order valence-electron chi connectivity index (χ1n) is 9.04. The molecule has 0 atom stereocenters.